The lowest BCUT2D eigenvalue weighted by Gasteiger charge is -2.07. The highest BCUT2D eigenvalue weighted by Gasteiger charge is 1.98. The lowest BCUT2D eigenvalue weighted by molar-refractivity contribution is 0.190. The second-order valence-corrected chi connectivity index (χ2v) is 3.08. The highest BCUT2D eigenvalue weighted by Crippen LogP contribution is 2.03. The normalized spacial score (nSPS) is 10.6. The molecule has 0 saturated heterocycles. The van der Waals surface area contributed by atoms with E-state index in [-0.39, 0.29) is 0 Å². The van der Waals surface area contributed by atoms with Crippen LogP contribution in [0.2, 0.25) is 0 Å². The molecule has 0 aromatic carbocycles. The van der Waals surface area contributed by atoms with Crippen molar-refractivity contribution in [3.63, 3.8) is 0 Å². The molecule has 3 heteroatoms. The molecule has 0 bridgehead atoms. The molecule has 0 aliphatic rings. The third-order valence-electron chi connectivity index (χ3n) is 2.07. The van der Waals surface area contributed by atoms with E-state index in [9.17, 15) is 0 Å². The average molecular weight is 182 g/mol. The van der Waals surface area contributed by atoms with Crippen molar-refractivity contribution < 1.29 is 4.74 Å². The molecule has 1 heterocycles. The Morgan fingerprint density at radius 1 is 1.54 bits per heavy atom. The van der Waals surface area contributed by atoms with Gasteiger partial charge in [-0.15, -0.1) is 0 Å². The molecule has 0 spiro atoms. The van der Waals surface area contributed by atoms with Gasteiger partial charge in [-0.05, 0) is 31.5 Å². The molecule has 0 aliphatic carbocycles. The molecular formula is C10H18N2O. The molecule has 1 aromatic heterocycles. The molecule has 13 heavy (non-hydrogen) atoms. The monoisotopic (exact) mass is 182 g/mol. The van der Waals surface area contributed by atoms with E-state index in [2.05, 4.69) is 22.9 Å². The van der Waals surface area contributed by atoms with Crippen LogP contribution in [-0.4, -0.2) is 24.8 Å². The first-order valence-corrected chi connectivity index (χ1v) is 4.71. The zero-order valence-corrected chi connectivity index (χ0v) is 8.20. The van der Waals surface area contributed by atoms with Gasteiger partial charge in [0.2, 0.25) is 0 Å². The van der Waals surface area contributed by atoms with Crippen LogP contribution in [-0.2, 0) is 17.7 Å². The van der Waals surface area contributed by atoms with Gasteiger partial charge in [0.25, 0.3) is 0 Å². The lowest BCUT2D eigenvalue weighted by atomic mass is 10.3. The summed E-state index contributed by atoms with van der Waals surface area (Å²) >= 11 is 0. The minimum atomic E-state index is 0.717. The smallest absolute Gasteiger partial charge is 0.0479 e. The summed E-state index contributed by atoms with van der Waals surface area (Å²) in [5.41, 5.74) is 6.82. The van der Waals surface area contributed by atoms with Crippen molar-refractivity contribution in [1.82, 2.24) is 4.57 Å². The summed E-state index contributed by atoms with van der Waals surface area (Å²) in [5, 5.41) is 0. The predicted molar refractivity (Wildman–Crippen MR) is 53.7 cm³/mol. The van der Waals surface area contributed by atoms with E-state index < -0.39 is 0 Å². The third kappa shape index (κ3) is 3.20. The number of methoxy groups -OCH3 is 1. The fourth-order valence-corrected chi connectivity index (χ4v) is 1.42. The zero-order valence-electron chi connectivity index (χ0n) is 8.20. The van der Waals surface area contributed by atoms with E-state index in [1.54, 1.807) is 7.11 Å². The molecule has 3 nitrogen and oxygen atoms in total. The first kappa shape index (κ1) is 10.3. The molecular weight excluding hydrogens is 164 g/mol. The Hall–Kier alpha value is -0.800. The number of aromatic nitrogens is 1. The van der Waals surface area contributed by atoms with Crippen molar-refractivity contribution >= 4 is 0 Å². The molecule has 2 N–H and O–H groups in total. The number of nitrogens with zero attached hydrogens (tertiary/aromatic N) is 1. The van der Waals surface area contributed by atoms with Crippen molar-refractivity contribution in [3.05, 3.63) is 24.0 Å². The Morgan fingerprint density at radius 2 is 2.38 bits per heavy atom. The fraction of sp³-hybridized carbons (Fsp3) is 0.600. The summed E-state index contributed by atoms with van der Waals surface area (Å²) in [7, 11) is 1.73. The Labute approximate surface area is 79.5 Å². The predicted octanol–water partition coefficient (Wildman–Crippen LogP) is 1.03. The van der Waals surface area contributed by atoms with E-state index in [4.69, 9.17) is 10.5 Å². The van der Waals surface area contributed by atoms with Crippen LogP contribution in [0.1, 0.15) is 12.1 Å². The van der Waals surface area contributed by atoms with Gasteiger partial charge in [-0.3, -0.25) is 0 Å². The molecule has 74 valence electrons. The molecule has 0 amide bonds. The maximum Gasteiger partial charge on any atom is 0.0479 e. The van der Waals surface area contributed by atoms with E-state index in [1.807, 2.05) is 0 Å². The highest BCUT2D eigenvalue weighted by atomic mass is 16.5. The van der Waals surface area contributed by atoms with Crippen LogP contribution in [0.3, 0.4) is 0 Å². The summed E-state index contributed by atoms with van der Waals surface area (Å²) in [4.78, 5) is 0. The van der Waals surface area contributed by atoms with E-state index >= 15 is 0 Å². The number of hydrogen-bond acceptors (Lipinski definition) is 2. The summed E-state index contributed by atoms with van der Waals surface area (Å²) in [6.07, 6.45) is 4.11. The summed E-state index contributed by atoms with van der Waals surface area (Å²) in [5.74, 6) is 0. The molecule has 0 radical (unpaired) electrons. The minimum absolute atomic E-state index is 0.717. The van der Waals surface area contributed by atoms with Crippen molar-refractivity contribution in [1.29, 1.82) is 0 Å². The van der Waals surface area contributed by atoms with Gasteiger partial charge in [0, 0.05) is 32.2 Å². The average Bonchev–Trinajstić information content (AvgIpc) is 2.54. The van der Waals surface area contributed by atoms with Crippen molar-refractivity contribution in [3.8, 4) is 0 Å². The SMILES string of the molecule is COCCCn1cccc1CCN. The van der Waals surface area contributed by atoms with Crippen molar-refractivity contribution in [2.75, 3.05) is 20.3 Å². The largest absolute Gasteiger partial charge is 0.385 e. The minimum Gasteiger partial charge on any atom is -0.385 e. The molecule has 0 aliphatic heterocycles. The van der Waals surface area contributed by atoms with Crippen LogP contribution in [0.15, 0.2) is 18.3 Å². The van der Waals surface area contributed by atoms with Crippen LogP contribution < -0.4 is 5.73 Å². The van der Waals surface area contributed by atoms with Gasteiger partial charge in [0.05, 0.1) is 0 Å². The number of rotatable bonds is 6. The zero-order chi connectivity index (χ0) is 9.52. The maximum absolute atomic E-state index is 5.51. The van der Waals surface area contributed by atoms with Crippen LogP contribution in [0.4, 0.5) is 0 Å². The molecule has 0 unspecified atom stereocenters. The van der Waals surface area contributed by atoms with Gasteiger partial charge < -0.3 is 15.0 Å². The molecule has 0 fully saturated rings. The highest BCUT2D eigenvalue weighted by molar-refractivity contribution is 5.07. The summed E-state index contributed by atoms with van der Waals surface area (Å²) in [6, 6.07) is 4.19. The van der Waals surface area contributed by atoms with Crippen LogP contribution in [0, 0.1) is 0 Å². The standard InChI is InChI=1S/C10H18N2O/c1-13-9-3-8-12-7-2-4-10(12)5-6-11/h2,4,7H,3,5-6,8-9,11H2,1H3. The summed E-state index contributed by atoms with van der Waals surface area (Å²) in [6.45, 7) is 2.56. The fourth-order valence-electron chi connectivity index (χ4n) is 1.42. The van der Waals surface area contributed by atoms with E-state index in [0.29, 0.717) is 6.54 Å². The Bertz CT molecular complexity index is 233. The number of hydrogen-bond donors (Lipinski definition) is 1. The third-order valence-corrected chi connectivity index (χ3v) is 2.07. The number of ether oxygens (including phenoxy) is 1. The van der Waals surface area contributed by atoms with Crippen molar-refractivity contribution in [2.24, 2.45) is 5.73 Å². The maximum atomic E-state index is 5.51. The topological polar surface area (TPSA) is 40.2 Å². The molecule has 1 rings (SSSR count). The van der Waals surface area contributed by atoms with Gasteiger partial charge in [-0.25, -0.2) is 0 Å². The Kier molecular flexibility index (Phi) is 4.57. The van der Waals surface area contributed by atoms with Crippen LogP contribution >= 0.6 is 0 Å². The van der Waals surface area contributed by atoms with Gasteiger partial charge in [0.15, 0.2) is 0 Å². The van der Waals surface area contributed by atoms with Gasteiger partial charge in [0.1, 0.15) is 0 Å². The second-order valence-electron chi connectivity index (χ2n) is 3.08. The van der Waals surface area contributed by atoms with E-state index in [0.717, 1.165) is 26.0 Å². The van der Waals surface area contributed by atoms with Crippen LogP contribution in [0.25, 0.3) is 0 Å². The van der Waals surface area contributed by atoms with Crippen LogP contribution in [0.5, 0.6) is 0 Å². The molecule has 0 saturated carbocycles. The van der Waals surface area contributed by atoms with Gasteiger partial charge >= 0.3 is 0 Å². The van der Waals surface area contributed by atoms with Gasteiger partial charge in [-0.2, -0.15) is 0 Å². The number of aryl methyl sites for hydroxylation is 1. The Balaban J connectivity index is 2.40. The summed E-state index contributed by atoms with van der Waals surface area (Å²) < 4.78 is 7.24. The second kappa shape index (κ2) is 5.78. The Morgan fingerprint density at radius 3 is 3.08 bits per heavy atom. The molecule has 1 aromatic rings. The molecule has 0 atom stereocenters. The first-order chi connectivity index (χ1) is 6.38. The lowest BCUT2D eigenvalue weighted by Crippen LogP contribution is -2.09. The number of nitrogens with two attached hydrogens (primary N) is 1. The van der Waals surface area contributed by atoms with E-state index in [1.165, 1.54) is 5.69 Å². The van der Waals surface area contributed by atoms with Gasteiger partial charge in [-0.1, -0.05) is 0 Å². The first-order valence-electron chi connectivity index (χ1n) is 4.71. The van der Waals surface area contributed by atoms with Crippen molar-refractivity contribution in [2.45, 2.75) is 19.4 Å². The quantitative estimate of drug-likeness (QED) is 0.667.